The van der Waals surface area contributed by atoms with Gasteiger partial charge in [0.2, 0.25) is 5.91 Å². The van der Waals surface area contributed by atoms with E-state index in [-0.39, 0.29) is 23.8 Å². The summed E-state index contributed by atoms with van der Waals surface area (Å²) in [6, 6.07) is 6.98. The van der Waals surface area contributed by atoms with E-state index < -0.39 is 0 Å². The van der Waals surface area contributed by atoms with Crippen LogP contribution in [-0.2, 0) is 4.79 Å². The number of rotatable bonds is 4. The van der Waals surface area contributed by atoms with Crippen LogP contribution >= 0.6 is 0 Å². The summed E-state index contributed by atoms with van der Waals surface area (Å²) < 4.78 is 0. The van der Waals surface area contributed by atoms with E-state index in [1.165, 1.54) is 0 Å². The summed E-state index contributed by atoms with van der Waals surface area (Å²) in [6.07, 6.45) is 0. The minimum absolute atomic E-state index is 0.0330. The Morgan fingerprint density at radius 1 is 1.00 bits per heavy atom. The molecule has 0 heterocycles. The molecule has 0 atom stereocenters. The molecular formula is C14H20N2O2. The monoisotopic (exact) mass is 248 g/mol. The first-order chi connectivity index (χ1) is 8.40. The zero-order chi connectivity index (χ0) is 13.7. The lowest BCUT2D eigenvalue weighted by Crippen LogP contribution is -2.30. The van der Waals surface area contributed by atoms with Gasteiger partial charge in [-0.2, -0.15) is 0 Å². The Bertz CT molecular complexity index is 422. The van der Waals surface area contributed by atoms with Crippen LogP contribution in [-0.4, -0.2) is 17.9 Å². The number of amides is 2. The van der Waals surface area contributed by atoms with Gasteiger partial charge in [0, 0.05) is 23.2 Å². The molecule has 0 fully saturated rings. The molecule has 0 aliphatic rings. The highest BCUT2D eigenvalue weighted by atomic mass is 16.2. The fraction of sp³-hybridized carbons (Fsp3) is 0.429. The van der Waals surface area contributed by atoms with Gasteiger partial charge in [-0.1, -0.05) is 13.8 Å². The molecule has 2 N–H and O–H groups in total. The minimum atomic E-state index is -0.105. The molecule has 18 heavy (non-hydrogen) atoms. The van der Waals surface area contributed by atoms with Crippen molar-refractivity contribution in [2.45, 2.75) is 33.7 Å². The maximum absolute atomic E-state index is 11.7. The number of benzene rings is 1. The van der Waals surface area contributed by atoms with E-state index in [0.29, 0.717) is 11.3 Å². The second-order valence-corrected chi connectivity index (χ2v) is 4.85. The second kappa shape index (κ2) is 6.19. The van der Waals surface area contributed by atoms with E-state index in [9.17, 15) is 9.59 Å². The van der Waals surface area contributed by atoms with Crippen LogP contribution in [0.5, 0.6) is 0 Å². The smallest absolute Gasteiger partial charge is 0.251 e. The van der Waals surface area contributed by atoms with Crippen molar-refractivity contribution in [1.82, 2.24) is 5.32 Å². The molecule has 2 amide bonds. The van der Waals surface area contributed by atoms with Gasteiger partial charge in [-0.15, -0.1) is 0 Å². The van der Waals surface area contributed by atoms with Gasteiger partial charge in [0.15, 0.2) is 0 Å². The molecule has 4 heteroatoms. The van der Waals surface area contributed by atoms with Gasteiger partial charge in [0.05, 0.1) is 0 Å². The van der Waals surface area contributed by atoms with Crippen molar-refractivity contribution in [3.63, 3.8) is 0 Å². The van der Waals surface area contributed by atoms with Crippen LogP contribution in [0.4, 0.5) is 5.69 Å². The SMILES string of the molecule is CC(C)NC(=O)c1ccc(NC(=O)C(C)C)cc1. The molecule has 0 saturated carbocycles. The molecule has 0 spiro atoms. The van der Waals surface area contributed by atoms with Gasteiger partial charge in [0.25, 0.3) is 5.91 Å². The Kier molecular flexibility index (Phi) is 4.89. The Hall–Kier alpha value is -1.84. The Balaban J connectivity index is 2.68. The number of hydrogen-bond donors (Lipinski definition) is 2. The van der Waals surface area contributed by atoms with Crippen molar-refractivity contribution in [2.75, 3.05) is 5.32 Å². The van der Waals surface area contributed by atoms with Crippen molar-refractivity contribution < 1.29 is 9.59 Å². The molecular weight excluding hydrogens is 228 g/mol. The Morgan fingerprint density at radius 2 is 1.56 bits per heavy atom. The first kappa shape index (κ1) is 14.2. The first-order valence-corrected chi connectivity index (χ1v) is 6.12. The van der Waals surface area contributed by atoms with Crippen molar-refractivity contribution >= 4 is 17.5 Å². The van der Waals surface area contributed by atoms with Gasteiger partial charge in [-0.25, -0.2) is 0 Å². The minimum Gasteiger partial charge on any atom is -0.350 e. The van der Waals surface area contributed by atoms with Gasteiger partial charge < -0.3 is 10.6 Å². The van der Waals surface area contributed by atoms with E-state index in [1.807, 2.05) is 27.7 Å². The lowest BCUT2D eigenvalue weighted by molar-refractivity contribution is -0.118. The largest absolute Gasteiger partial charge is 0.350 e. The average Bonchev–Trinajstić information content (AvgIpc) is 2.28. The summed E-state index contributed by atoms with van der Waals surface area (Å²) in [5, 5.41) is 5.59. The summed E-state index contributed by atoms with van der Waals surface area (Å²) in [5.74, 6) is -0.199. The average molecular weight is 248 g/mol. The topological polar surface area (TPSA) is 58.2 Å². The number of anilines is 1. The molecule has 0 radical (unpaired) electrons. The maximum atomic E-state index is 11.7. The lowest BCUT2D eigenvalue weighted by atomic mass is 10.1. The first-order valence-electron chi connectivity index (χ1n) is 6.12. The molecule has 1 rings (SSSR count). The third kappa shape index (κ3) is 4.20. The quantitative estimate of drug-likeness (QED) is 0.859. The summed E-state index contributed by atoms with van der Waals surface area (Å²) in [7, 11) is 0. The molecule has 0 bridgehead atoms. The second-order valence-electron chi connectivity index (χ2n) is 4.85. The summed E-state index contributed by atoms with van der Waals surface area (Å²) in [6.45, 7) is 7.49. The van der Waals surface area contributed by atoms with Crippen LogP contribution in [0.25, 0.3) is 0 Å². The van der Waals surface area contributed by atoms with E-state index in [4.69, 9.17) is 0 Å². The van der Waals surface area contributed by atoms with E-state index >= 15 is 0 Å². The fourth-order valence-corrected chi connectivity index (χ4v) is 1.34. The molecule has 1 aromatic rings. The molecule has 0 unspecified atom stereocenters. The lowest BCUT2D eigenvalue weighted by Gasteiger charge is -2.10. The normalized spacial score (nSPS) is 10.6. The number of hydrogen-bond acceptors (Lipinski definition) is 2. The van der Waals surface area contributed by atoms with E-state index in [1.54, 1.807) is 24.3 Å². The van der Waals surface area contributed by atoms with Crippen LogP contribution in [0.3, 0.4) is 0 Å². The molecule has 0 aromatic heterocycles. The van der Waals surface area contributed by atoms with Gasteiger partial charge in [0.1, 0.15) is 0 Å². The summed E-state index contributed by atoms with van der Waals surface area (Å²) >= 11 is 0. The fourth-order valence-electron chi connectivity index (χ4n) is 1.34. The van der Waals surface area contributed by atoms with Crippen molar-refractivity contribution in [2.24, 2.45) is 5.92 Å². The van der Waals surface area contributed by atoms with E-state index in [0.717, 1.165) is 0 Å². The zero-order valence-corrected chi connectivity index (χ0v) is 11.3. The standard InChI is InChI=1S/C14H20N2O2/c1-9(2)13(17)16-12-7-5-11(6-8-12)14(18)15-10(3)4/h5-10H,1-4H3,(H,15,18)(H,16,17). The highest BCUT2D eigenvalue weighted by Gasteiger charge is 2.09. The van der Waals surface area contributed by atoms with Gasteiger partial charge in [-0.3, -0.25) is 9.59 Å². The molecule has 4 nitrogen and oxygen atoms in total. The summed E-state index contributed by atoms with van der Waals surface area (Å²) in [4.78, 5) is 23.2. The molecule has 98 valence electrons. The molecule has 0 aliphatic carbocycles. The Morgan fingerprint density at radius 3 is 2.00 bits per heavy atom. The van der Waals surface area contributed by atoms with Crippen LogP contribution in [0.1, 0.15) is 38.1 Å². The molecule has 0 aliphatic heterocycles. The van der Waals surface area contributed by atoms with Crippen LogP contribution in [0.15, 0.2) is 24.3 Å². The summed E-state index contributed by atoms with van der Waals surface area (Å²) in [5.41, 5.74) is 1.29. The van der Waals surface area contributed by atoms with E-state index in [2.05, 4.69) is 10.6 Å². The predicted octanol–water partition coefficient (Wildman–Crippen LogP) is 2.42. The van der Waals surface area contributed by atoms with Crippen LogP contribution < -0.4 is 10.6 Å². The highest BCUT2D eigenvalue weighted by Crippen LogP contribution is 2.11. The van der Waals surface area contributed by atoms with Crippen LogP contribution in [0.2, 0.25) is 0 Å². The Labute approximate surface area is 108 Å². The highest BCUT2D eigenvalue weighted by molar-refractivity contribution is 5.96. The predicted molar refractivity (Wildman–Crippen MR) is 72.5 cm³/mol. The third-order valence-electron chi connectivity index (χ3n) is 2.36. The van der Waals surface area contributed by atoms with Crippen molar-refractivity contribution in [3.8, 4) is 0 Å². The van der Waals surface area contributed by atoms with Gasteiger partial charge >= 0.3 is 0 Å². The molecule has 0 saturated heterocycles. The molecule has 1 aromatic carbocycles. The van der Waals surface area contributed by atoms with Crippen molar-refractivity contribution in [1.29, 1.82) is 0 Å². The number of carbonyl (C=O) groups is 2. The number of nitrogens with one attached hydrogen (secondary N) is 2. The third-order valence-corrected chi connectivity index (χ3v) is 2.36. The maximum Gasteiger partial charge on any atom is 0.251 e. The van der Waals surface area contributed by atoms with Crippen LogP contribution in [0, 0.1) is 5.92 Å². The zero-order valence-electron chi connectivity index (χ0n) is 11.3. The van der Waals surface area contributed by atoms with Crippen molar-refractivity contribution in [3.05, 3.63) is 29.8 Å². The van der Waals surface area contributed by atoms with Gasteiger partial charge in [-0.05, 0) is 38.1 Å². The number of carbonyl (C=O) groups excluding carboxylic acids is 2.